The van der Waals surface area contributed by atoms with Gasteiger partial charge in [0.2, 0.25) is 0 Å². The Morgan fingerprint density at radius 3 is 2.64 bits per heavy atom. The molecule has 3 rings (SSSR count). The Morgan fingerprint density at radius 1 is 1.14 bits per heavy atom. The summed E-state index contributed by atoms with van der Waals surface area (Å²) in [6, 6.07) is 7.15. The molecule has 2 saturated heterocycles. The van der Waals surface area contributed by atoms with E-state index in [1.54, 1.807) is 19.2 Å². The third-order valence-corrected chi connectivity index (χ3v) is 5.44. The zero-order valence-electron chi connectivity index (χ0n) is 13.6. The Kier molecular flexibility index (Phi) is 5.11. The Labute approximate surface area is 133 Å². The van der Waals surface area contributed by atoms with Gasteiger partial charge in [-0.15, -0.1) is 0 Å². The molecule has 2 aliphatic heterocycles. The van der Waals surface area contributed by atoms with Crippen molar-refractivity contribution in [3.05, 3.63) is 35.6 Å². The standard InChI is InChI=1S/C18H27FN2O/c1-22-14-13-21-10-4-7-18(21)8-11-20(12-9-18)15-16-5-2-3-6-17(16)19/h2-3,5-6H,4,7-15H2,1H3. The lowest BCUT2D eigenvalue weighted by atomic mass is 9.85. The summed E-state index contributed by atoms with van der Waals surface area (Å²) in [5.41, 5.74) is 1.20. The van der Waals surface area contributed by atoms with E-state index in [9.17, 15) is 4.39 Å². The SMILES string of the molecule is COCCN1CCCC12CCN(Cc1ccccc1F)CC2. The molecule has 2 fully saturated rings. The molecule has 0 atom stereocenters. The van der Waals surface area contributed by atoms with Crippen molar-refractivity contribution < 1.29 is 9.13 Å². The van der Waals surface area contributed by atoms with Crippen LogP contribution in [-0.4, -0.2) is 55.2 Å². The quantitative estimate of drug-likeness (QED) is 0.832. The molecule has 3 nitrogen and oxygen atoms in total. The van der Waals surface area contributed by atoms with E-state index in [0.717, 1.165) is 38.3 Å². The molecule has 1 spiro atoms. The van der Waals surface area contributed by atoms with Crippen molar-refractivity contribution in [2.75, 3.05) is 39.9 Å². The maximum atomic E-state index is 13.8. The monoisotopic (exact) mass is 306 g/mol. The van der Waals surface area contributed by atoms with Gasteiger partial charge >= 0.3 is 0 Å². The molecule has 1 aromatic carbocycles. The molecular formula is C18H27FN2O. The fourth-order valence-corrected chi connectivity index (χ4v) is 4.11. The summed E-state index contributed by atoms with van der Waals surface area (Å²) in [5.74, 6) is -0.0784. The number of piperidine rings is 1. The molecule has 0 unspecified atom stereocenters. The molecule has 0 radical (unpaired) electrons. The van der Waals surface area contributed by atoms with Crippen LogP contribution in [0, 0.1) is 5.82 Å². The van der Waals surface area contributed by atoms with E-state index in [0.29, 0.717) is 5.54 Å². The van der Waals surface area contributed by atoms with Gasteiger partial charge in [-0.2, -0.15) is 0 Å². The van der Waals surface area contributed by atoms with E-state index >= 15 is 0 Å². The van der Waals surface area contributed by atoms with Crippen molar-refractivity contribution in [2.45, 2.75) is 37.8 Å². The highest BCUT2D eigenvalue weighted by atomic mass is 19.1. The van der Waals surface area contributed by atoms with Crippen LogP contribution in [0.4, 0.5) is 4.39 Å². The maximum Gasteiger partial charge on any atom is 0.127 e. The number of benzene rings is 1. The van der Waals surface area contributed by atoms with Gasteiger partial charge in [0.25, 0.3) is 0 Å². The molecule has 0 bridgehead atoms. The van der Waals surface area contributed by atoms with Crippen molar-refractivity contribution in [3.63, 3.8) is 0 Å². The van der Waals surface area contributed by atoms with E-state index in [-0.39, 0.29) is 5.82 Å². The molecule has 2 aliphatic rings. The second-order valence-corrected chi connectivity index (χ2v) is 6.68. The number of methoxy groups -OCH3 is 1. The van der Waals surface area contributed by atoms with Gasteiger partial charge < -0.3 is 4.74 Å². The van der Waals surface area contributed by atoms with E-state index in [4.69, 9.17) is 4.74 Å². The normalized spacial score (nSPS) is 22.5. The van der Waals surface area contributed by atoms with Crippen LogP contribution in [0.3, 0.4) is 0 Å². The Hall–Kier alpha value is -0.970. The van der Waals surface area contributed by atoms with Crippen molar-refractivity contribution >= 4 is 0 Å². The summed E-state index contributed by atoms with van der Waals surface area (Å²) in [6.07, 6.45) is 5.01. The lowest BCUT2D eigenvalue weighted by Crippen LogP contribution is -2.52. The molecular weight excluding hydrogens is 279 g/mol. The predicted octanol–water partition coefficient (Wildman–Crippen LogP) is 2.90. The topological polar surface area (TPSA) is 15.7 Å². The second kappa shape index (κ2) is 7.07. The fourth-order valence-electron chi connectivity index (χ4n) is 4.11. The van der Waals surface area contributed by atoms with Crippen molar-refractivity contribution in [1.29, 1.82) is 0 Å². The van der Waals surface area contributed by atoms with Crippen LogP contribution < -0.4 is 0 Å². The minimum atomic E-state index is -0.0784. The van der Waals surface area contributed by atoms with Gasteiger partial charge in [-0.1, -0.05) is 18.2 Å². The molecule has 0 aromatic heterocycles. The minimum absolute atomic E-state index is 0.0784. The van der Waals surface area contributed by atoms with Crippen LogP contribution in [0.2, 0.25) is 0 Å². The zero-order valence-corrected chi connectivity index (χ0v) is 13.6. The molecule has 0 aliphatic carbocycles. The summed E-state index contributed by atoms with van der Waals surface area (Å²) in [6.45, 7) is 5.94. The number of hydrogen-bond donors (Lipinski definition) is 0. The lowest BCUT2D eigenvalue weighted by Gasteiger charge is -2.45. The average molecular weight is 306 g/mol. The first-order chi connectivity index (χ1) is 10.7. The molecule has 4 heteroatoms. The smallest absolute Gasteiger partial charge is 0.127 e. The summed E-state index contributed by atoms with van der Waals surface area (Å²) in [5, 5.41) is 0. The summed E-state index contributed by atoms with van der Waals surface area (Å²) in [4.78, 5) is 5.04. The van der Waals surface area contributed by atoms with Crippen LogP contribution in [0.25, 0.3) is 0 Å². The van der Waals surface area contributed by atoms with E-state index < -0.39 is 0 Å². The molecule has 0 amide bonds. The zero-order chi connectivity index (χ0) is 15.4. The first kappa shape index (κ1) is 15.9. The maximum absolute atomic E-state index is 13.8. The van der Waals surface area contributed by atoms with Crippen LogP contribution in [0.5, 0.6) is 0 Å². The predicted molar refractivity (Wildman–Crippen MR) is 86.3 cm³/mol. The number of ether oxygens (including phenoxy) is 1. The van der Waals surface area contributed by atoms with Crippen molar-refractivity contribution in [3.8, 4) is 0 Å². The van der Waals surface area contributed by atoms with Gasteiger partial charge in [-0.3, -0.25) is 9.80 Å². The van der Waals surface area contributed by atoms with E-state index in [2.05, 4.69) is 9.80 Å². The van der Waals surface area contributed by atoms with Gasteiger partial charge in [0.1, 0.15) is 5.82 Å². The van der Waals surface area contributed by atoms with Crippen LogP contribution in [0.1, 0.15) is 31.2 Å². The average Bonchev–Trinajstić information content (AvgIpc) is 2.92. The molecule has 122 valence electrons. The number of nitrogens with zero attached hydrogens (tertiary/aromatic N) is 2. The van der Waals surface area contributed by atoms with Crippen molar-refractivity contribution in [2.24, 2.45) is 0 Å². The van der Waals surface area contributed by atoms with Gasteiger partial charge in [-0.25, -0.2) is 4.39 Å². The number of rotatable bonds is 5. The first-order valence-corrected chi connectivity index (χ1v) is 8.43. The Bertz CT molecular complexity index is 486. The third-order valence-electron chi connectivity index (χ3n) is 5.44. The highest BCUT2D eigenvalue weighted by Crippen LogP contribution is 2.38. The van der Waals surface area contributed by atoms with E-state index in [1.165, 1.54) is 32.2 Å². The largest absolute Gasteiger partial charge is 0.383 e. The van der Waals surface area contributed by atoms with Crippen molar-refractivity contribution in [1.82, 2.24) is 9.80 Å². The first-order valence-electron chi connectivity index (χ1n) is 8.43. The third kappa shape index (κ3) is 3.34. The molecule has 0 saturated carbocycles. The summed E-state index contributed by atoms with van der Waals surface area (Å²) >= 11 is 0. The Morgan fingerprint density at radius 2 is 1.91 bits per heavy atom. The van der Waals surface area contributed by atoms with Gasteiger partial charge in [-0.05, 0) is 38.3 Å². The molecule has 0 N–H and O–H groups in total. The summed E-state index contributed by atoms with van der Waals surface area (Å²) in [7, 11) is 1.78. The second-order valence-electron chi connectivity index (χ2n) is 6.68. The highest BCUT2D eigenvalue weighted by Gasteiger charge is 2.42. The molecule has 1 aromatic rings. The highest BCUT2D eigenvalue weighted by molar-refractivity contribution is 5.17. The molecule has 2 heterocycles. The summed E-state index contributed by atoms with van der Waals surface area (Å²) < 4.78 is 19.0. The number of hydrogen-bond acceptors (Lipinski definition) is 3. The number of halogens is 1. The lowest BCUT2D eigenvalue weighted by molar-refractivity contribution is 0.0330. The van der Waals surface area contributed by atoms with Gasteiger partial charge in [0, 0.05) is 44.4 Å². The van der Waals surface area contributed by atoms with Gasteiger partial charge in [0.15, 0.2) is 0 Å². The van der Waals surface area contributed by atoms with Crippen LogP contribution >= 0.6 is 0 Å². The molecule has 22 heavy (non-hydrogen) atoms. The Balaban J connectivity index is 1.57. The minimum Gasteiger partial charge on any atom is -0.383 e. The van der Waals surface area contributed by atoms with Crippen LogP contribution in [-0.2, 0) is 11.3 Å². The number of likely N-dealkylation sites (tertiary alicyclic amines) is 2. The van der Waals surface area contributed by atoms with E-state index in [1.807, 2.05) is 12.1 Å². The van der Waals surface area contributed by atoms with Gasteiger partial charge in [0.05, 0.1) is 6.61 Å². The van der Waals surface area contributed by atoms with Crippen LogP contribution in [0.15, 0.2) is 24.3 Å². The fraction of sp³-hybridized carbons (Fsp3) is 0.667.